The molecule has 1 aliphatic carbocycles. The Morgan fingerprint density at radius 1 is 1.15 bits per heavy atom. The van der Waals surface area contributed by atoms with Gasteiger partial charge in [0.15, 0.2) is 0 Å². The molecule has 7 heteroatoms. The molecule has 0 N–H and O–H groups in total. The van der Waals surface area contributed by atoms with Crippen molar-refractivity contribution in [3.63, 3.8) is 0 Å². The third-order valence-corrected chi connectivity index (χ3v) is 8.59. The van der Waals surface area contributed by atoms with Crippen molar-refractivity contribution in [2.24, 2.45) is 5.92 Å². The molecular weight excluding hydrogens is 475 g/mol. The minimum Gasteiger partial charge on any atom is -0.331 e. The number of nitrogens with zero attached hydrogens (tertiary/aromatic N) is 2. The fourth-order valence-electron chi connectivity index (χ4n) is 5.21. The molecule has 0 bridgehead atoms. The van der Waals surface area contributed by atoms with Crippen LogP contribution in [0, 0.1) is 5.92 Å². The summed E-state index contributed by atoms with van der Waals surface area (Å²) in [6.45, 7) is 4.68. The molecule has 1 aromatic carbocycles. The van der Waals surface area contributed by atoms with Gasteiger partial charge in [0.1, 0.15) is 6.54 Å². The molecule has 2 amide bonds. The second-order valence-electron chi connectivity index (χ2n) is 9.51. The van der Waals surface area contributed by atoms with Crippen LogP contribution in [-0.4, -0.2) is 40.7 Å². The molecule has 1 fully saturated rings. The zero-order chi connectivity index (χ0) is 23.5. The van der Waals surface area contributed by atoms with Gasteiger partial charge < -0.3 is 9.80 Å². The lowest BCUT2D eigenvalue weighted by Gasteiger charge is -2.38. The van der Waals surface area contributed by atoms with E-state index in [-0.39, 0.29) is 30.4 Å². The van der Waals surface area contributed by atoms with Crippen LogP contribution in [0.1, 0.15) is 74.4 Å². The zero-order valence-electron chi connectivity index (χ0n) is 19.4. The first-order valence-corrected chi connectivity index (χ1v) is 13.6. The Morgan fingerprint density at radius 2 is 1.91 bits per heavy atom. The van der Waals surface area contributed by atoms with Crippen LogP contribution in [0.3, 0.4) is 0 Å². The molecule has 1 atom stereocenters. The molecule has 178 valence electrons. The van der Waals surface area contributed by atoms with E-state index in [1.165, 1.54) is 30.6 Å². The van der Waals surface area contributed by atoms with Crippen molar-refractivity contribution in [1.29, 1.82) is 0 Å². The average Bonchev–Trinajstić information content (AvgIpc) is 3.47. The topological polar surface area (TPSA) is 40.6 Å². The highest BCUT2D eigenvalue weighted by Crippen LogP contribution is 2.41. The Bertz CT molecular complexity index is 1000. The molecule has 33 heavy (non-hydrogen) atoms. The molecule has 1 unspecified atom stereocenters. The van der Waals surface area contributed by atoms with Crippen molar-refractivity contribution in [3.8, 4) is 0 Å². The maximum Gasteiger partial charge on any atom is 0.243 e. The molecule has 0 saturated heterocycles. The maximum absolute atomic E-state index is 13.6. The van der Waals surface area contributed by atoms with E-state index in [2.05, 4.69) is 11.4 Å². The highest BCUT2D eigenvalue weighted by Gasteiger charge is 2.35. The summed E-state index contributed by atoms with van der Waals surface area (Å²) in [7, 11) is 0. The van der Waals surface area contributed by atoms with E-state index in [0.717, 1.165) is 24.0 Å². The van der Waals surface area contributed by atoms with E-state index in [1.54, 1.807) is 22.3 Å². The number of carbonyl (C=O) groups is 2. The number of thiophene rings is 1. The first-order chi connectivity index (χ1) is 15.8. The lowest BCUT2D eigenvalue weighted by molar-refractivity contribution is -0.143. The SMILES string of the molecule is CC(C)N(CC(=O)N1CCc2sccc2C1c1ccc(Cl)cc1Cl)C(=O)CCC1CCCC1. The minimum atomic E-state index is -0.264. The van der Waals surface area contributed by atoms with Gasteiger partial charge in [0, 0.05) is 33.9 Å². The Balaban J connectivity index is 1.53. The van der Waals surface area contributed by atoms with Gasteiger partial charge in [0.25, 0.3) is 0 Å². The first kappa shape index (κ1) is 24.6. The van der Waals surface area contributed by atoms with Gasteiger partial charge in [-0.3, -0.25) is 9.59 Å². The van der Waals surface area contributed by atoms with Gasteiger partial charge in [-0.1, -0.05) is 55.0 Å². The lowest BCUT2D eigenvalue weighted by Crippen LogP contribution is -2.48. The molecule has 2 aromatic rings. The highest BCUT2D eigenvalue weighted by atomic mass is 35.5. The van der Waals surface area contributed by atoms with E-state index in [0.29, 0.717) is 28.9 Å². The van der Waals surface area contributed by atoms with Crippen LogP contribution in [0.2, 0.25) is 10.0 Å². The summed E-state index contributed by atoms with van der Waals surface area (Å²) >= 11 is 14.5. The largest absolute Gasteiger partial charge is 0.331 e. The molecule has 2 aliphatic rings. The monoisotopic (exact) mass is 506 g/mol. The summed E-state index contributed by atoms with van der Waals surface area (Å²) in [5, 5.41) is 3.20. The third-order valence-electron chi connectivity index (χ3n) is 7.03. The minimum absolute atomic E-state index is 0.0240. The normalized spacial score (nSPS) is 18.6. The van der Waals surface area contributed by atoms with Crippen LogP contribution >= 0.6 is 34.5 Å². The molecule has 1 aromatic heterocycles. The Labute approximate surface area is 210 Å². The highest BCUT2D eigenvalue weighted by molar-refractivity contribution is 7.10. The van der Waals surface area contributed by atoms with Crippen LogP contribution in [0.15, 0.2) is 29.6 Å². The number of carbonyl (C=O) groups excluding carboxylic acids is 2. The fourth-order valence-corrected chi connectivity index (χ4v) is 6.62. The standard InChI is InChI=1S/C26H32Cl2N2O2S/c1-17(2)30(24(31)10-7-18-5-3-4-6-18)16-25(32)29-13-11-23-21(12-14-33-23)26(29)20-9-8-19(27)15-22(20)28/h8-9,12,14-15,17-18,26H,3-7,10-11,13,16H2,1-2H3. The Kier molecular flexibility index (Phi) is 8.03. The quantitative estimate of drug-likeness (QED) is 0.417. The van der Waals surface area contributed by atoms with Crippen molar-refractivity contribution in [3.05, 3.63) is 55.7 Å². The van der Waals surface area contributed by atoms with Crippen LogP contribution in [-0.2, 0) is 16.0 Å². The molecule has 0 radical (unpaired) electrons. The zero-order valence-corrected chi connectivity index (χ0v) is 21.7. The van der Waals surface area contributed by atoms with Gasteiger partial charge >= 0.3 is 0 Å². The van der Waals surface area contributed by atoms with E-state index in [4.69, 9.17) is 23.2 Å². The van der Waals surface area contributed by atoms with Crippen molar-refractivity contribution in [2.75, 3.05) is 13.1 Å². The van der Waals surface area contributed by atoms with E-state index >= 15 is 0 Å². The van der Waals surface area contributed by atoms with Gasteiger partial charge in [-0.05, 0) is 67.3 Å². The van der Waals surface area contributed by atoms with Crippen LogP contribution in [0.25, 0.3) is 0 Å². The molecule has 4 nitrogen and oxygen atoms in total. The van der Waals surface area contributed by atoms with Gasteiger partial charge in [0.2, 0.25) is 11.8 Å². The van der Waals surface area contributed by atoms with Crippen molar-refractivity contribution in [1.82, 2.24) is 9.80 Å². The van der Waals surface area contributed by atoms with Gasteiger partial charge in [-0.15, -0.1) is 11.3 Å². The van der Waals surface area contributed by atoms with E-state index in [1.807, 2.05) is 30.9 Å². The third kappa shape index (κ3) is 5.58. The molecule has 2 heterocycles. The predicted octanol–water partition coefficient (Wildman–Crippen LogP) is 6.74. The molecular formula is C26H32Cl2N2O2S. The van der Waals surface area contributed by atoms with Crippen LogP contribution < -0.4 is 0 Å². The summed E-state index contributed by atoms with van der Waals surface area (Å²) in [6.07, 6.45) is 7.29. The summed E-state index contributed by atoms with van der Waals surface area (Å²) in [6, 6.07) is 7.26. The number of amides is 2. The van der Waals surface area contributed by atoms with Crippen molar-refractivity contribution >= 4 is 46.4 Å². The predicted molar refractivity (Wildman–Crippen MR) is 136 cm³/mol. The van der Waals surface area contributed by atoms with Crippen LogP contribution in [0.5, 0.6) is 0 Å². The van der Waals surface area contributed by atoms with Gasteiger partial charge in [-0.25, -0.2) is 0 Å². The summed E-state index contributed by atoms with van der Waals surface area (Å²) < 4.78 is 0. The summed E-state index contributed by atoms with van der Waals surface area (Å²) in [5.74, 6) is 0.708. The molecule has 4 rings (SSSR count). The molecule has 1 saturated carbocycles. The Hall–Kier alpha value is -1.56. The van der Waals surface area contributed by atoms with E-state index in [9.17, 15) is 9.59 Å². The number of fused-ring (bicyclic) bond motifs is 1. The number of hydrogen-bond acceptors (Lipinski definition) is 3. The van der Waals surface area contributed by atoms with Gasteiger partial charge in [0.05, 0.1) is 6.04 Å². The number of halogens is 2. The lowest BCUT2D eigenvalue weighted by atomic mass is 9.93. The fraction of sp³-hybridized carbons (Fsp3) is 0.538. The number of rotatable bonds is 7. The molecule has 0 spiro atoms. The van der Waals surface area contributed by atoms with Crippen LogP contribution in [0.4, 0.5) is 0 Å². The van der Waals surface area contributed by atoms with Gasteiger partial charge in [-0.2, -0.15) is 0 Å². The smallest absolute Gasteiger partial charge is 0.243 e. The molecule has 1 aliphatic heterocycles. The second kappa shape index (κ2) is 10.8. The Morgan fingerprint density at radius 3 is 2.61 bits per heavy atom. The first-order valence-electron chi connectivity index (χ1n) is 11.9. The second-order valence-corrected chi connectivity index (χ2v) is 11.4. The number of hydrogen-bond donors (Lipinski definition) is 0. The van der Waals surface area contributed by atoms with Crippen molar-refractivity contribution < 1.29 is 9.59 Å². The summed E-state index contributed by atoms with van der Waals surface area (Å²) in [5.41, 5.74) is 1.99. The average molecular weight is 508 g/mol. The number of benzene rings is 1. The van der Waals surface area contributed by atoms with Crippen molar-refractivity contribution in [2.45, 2.75) is 70.9 Å². The maximum atomic E-state index is 13.6. The summed E-state index contributed by atoms with van der Waals surface area (Å²) in [4.78, 5) is 31.6. The van der Waals surface area contributed by atoms with E-state index < -0.39 is 0 Å².